The van der Waals surface area contributed by atoms with Gasteiger partial charge in [-0.15, -0.1) is 11.8 Å². The van der Waals surface area contributed by atoms with Crippen LogP contribution in [0.25, 0.3) is 0 Å². The molecule has 0 unspecified atom stereocenters. The third kappa shape index (κ3) is 10.9. The molecule has 0 heterocycles. The molecule has 0 saturated carbocycles. The minimum absolute atomic E-state index is 0.00601. The Labute approximate surface area is 120 Å². The summed E-state index contributed by atoms with van der Waals surface area (Å²) in [5, 5.41) is 8.57. The molecule has 0 aliphatic rings. The first-order chi connectivity index (χ1) is 8.82. The van der Waals surface area contributed by atoms with Gasteiger partial charge in [0.05, 0.1) is 11.5 Å². The van der Waals surface area contributed by atoms with Crippen molar-refractivity contribution < 1.29 is 14.7 Å². The van der Waals surface area contributed by atoms with Crippen molar-refractivity contribution in [3.05, 3.63) is 0 Å². The van der Waals surface area contributed by atoms with Gasteiger partial charge >= 0.3 is 5.97 Å². The van der Waals surface area contributed by atoms with Gasteiger partial charge in [0.15, 0.2) is 0 Å². The maximum absolute atomic E-state index is 12.1. The summed E-state index contributed by atoms with van der Waals surface area (Å²) in [4.78, 5) is 24.4. The first kappa shape index (κ1) is 18.3. The van der Waals surface area contributed by atoms with E-state index < -0.39 is 5.97 Å². The Morgan fingerprint density at radius 2 is 1.47 bits per heavy atom. The second kappa shape index (κ2) is 10.1. The number of nitrogens with zero attached hydrogens (tertiary/aromatic N) is 1. The van der Waals surface area contributed by atoms with Gasteiger partial charge in [-0.1, -0.05) is 27.7 Å². The Bertz CT molecular complexity index is 268. The maximum Gasteiger partial charge on any atom is 0.313 e. The Morgan fingerprint density at radius 3 is 1.84 bits per heavy atom. The SMILES string of the molecule is CC(C)CCN(CCC(C)C)C(=O)CSCC(=O)O. The number of carbonyl (C=O) groups is 2. The Kier molecular flexibility index (Phi) is 9.74. The van der Waals surface area contributed by atoms with E-state index in [0.29, 0.717) is 11.8 Å². The van der Waals surface area contributed by atoms with Crippen molar-refractivity contribution in [3.8, 4) is 0 Å². The quantitative estimate of drug-likeness (QED) is 0.672. The van der Waals surface area contributed by atoms with E-state index in [1.165, 1.54) is 11.8 Å². The largest absolute Gasteiger partial charge is 0.481 e. The zero-order valence-corrected chi connectivity index (χ0v) is 13.3. The number of aliphatic carboxylic acids is 1. The second-order valence-corrected chi connectivity index (χ2v) is 6.62. The molecule has 0 radical (unpaired) electrons. The molecular formula is C14H27NO3S. The van der Waals surface area contributed by atoms with Crippen molar-refractivity contribution in [2.24, 2.45) is 11.8 Å². The van der Waals surface area contributed by atoms with Crippen molar-refractivity contribution in [2.75, 3.05) is 24.6 Å². The molecule has 0 spiro atoms. The summed E-state index contributed by atoms with van der Waals surface area (Å²) >= 11 is 1.18. The van der Waals surface area contributed by atoms with Gasteiger partial charge in [-0.2, -0.15) is 0 Å². The molecule has 0 atom stereocenters. The molecule has 0 aromatic rings. The summed E-state index contributed by atoms with van der Waals surface area (Å²) in [6.45, 7) is 10.1. The molecule has 1 N–H and O–H groups in total. The molecule has 112 valence electrons. The fourth-order valence-corrected chi connectivity index (χ4v) is 2.14. The number of amides is 1. The van der Waals surface area contributed by atoms with E-state index in [9.17, 15) is 9.59 Å². The van der Waals surface area contributed by atoms with Crippen LogP contribution in [0, 0.1) is 11.8 Å². The van der Waals surface area contributed by atoms with Crippen LogP contribution in [0.1, 0.15) is 40.5 Å². The molecule has 5 heteroatoms. The van der Waals surface area contributed by atoms with Gasteiger partial charge in [0.25, 0.3) is 0 Å². The van der Waals surface area contributed by atoms with Crippen molar-refractivity contribution in [1.29, 1.82) is 0 Å². The molecule has 4 nitrogen and oxygen atoms in total. The first-order valence-corrected chi connectivity index (χ1v) is 8.05. The molecule has 0 aliphatic heterocycles. The summed E-state index contributed by atoms with van der Waals surface area (Å²) < 4.78 is 0. The Morgan fingerprint density at radius 1 is 1.00 bits per heavy atom. The third-order valence-electron chi connectivity index (χ3n) is 2.76. The van der Waals surface area contributed by atoms with Gasteiger partial charge in [-0.05, 0) is 24.7 Å². The van der Waals surface area contributed by atoms with Crippen LogP contribution in [0.2, 0.25) is 0 Å². The Hall–Kier alpha value is -0.710. The minimum atomic E-state index is -0.867. The molecule has 0 aromatic heterocycles. The highest BCUT2D eigenvalue weighted by atomic mass is 32.2. The van der Waals surface area contributed by atoms with Gasteiger partial charge in [-0.3, -0.25) is 9.59 Å². The molecule has 0 bridgehead atoms. The van der Waals surface area contributed by atoms with E-state index in [2.05, 4.69) is 27.7 Å². The standard InChI is InChI=1S/C14H27NO3S/c1-11(2)5-7-15(8-6-12(3)4)13(16)9-19-10-14(17)18/h11-12H,5-10H2,1-4H3,(H,17,18). The third-order valence-corrected chi connectivity index (χ3v) is 3.66. The van der Waals surface area contributed by atoms with Gasteiger partial charge < -0.3 is 10.0 Å². The zero-order valence-electron chi connectivity index (χ0n) is 12.5. The predicted octanol–water partition coefficient (Wildman–Crippen LogP) is 2.73. The van der Waals surface area contributed by atoms with E-state index in [1.807, 2.05) is 4.90 Å². The normalized spacial score (nSPS) is 11.1. The lowest BCUT2D eigenvalue weighted by atomic mass is 10.1. The van der Waals surface area contributed by atoms with Crippen LogP contribution in [-0.4, -0.2) is 46.5 Å². The molecule has 0 rings (SSSR count). The number of carboxylic acid groups (broad SMARTS) is 1. The average molecular weight is 289 g/mol. The highest BCUT2D eigenvalue weighted by molar-refractivity contribution is 8.00. The van der Waals surface area contributed by atoms with Crippen LogP contribution < -0.4 is 0 Å². The van der Waals surface area contributed by atoms with E-state index in [4.69, 9.17) is 5.11 Å². The Balaban J connectivity index is 4.19. The van der Waals surface area contributed by atoms with Crippen molar-refractivity contribution >= 4 is 23.6 Å². The van der Waals surface area contributed by atoms with Crippen LogP contribution in [-0.2, 0) is 9.59 Å². The fraction of sp³-hybridized carbons (Fsp3) is 0.857. The van der Waals surface area contributed by atoms with E-state index in [0.717, 1.165) is 25.9 Å². The zero-order chi connectivity index (χ0) is 14.8. The monoisotopic (exact) mass is 289 g/mol. The molecule has 0 aliphatic carbocycles. The van der Waals surface area contributed by atoms with Crippen molar-refractivity contribution in [3.63, 3.8) is 0 Å². The summed E-state index contributed by atoms with van der Waals surface area (Å²) in [5.41, 5.74) is 0. The van der Waals surface area contributed by atoms with E-state index in [-0.39, 0.29) is 17.4 Å². The van der Waals surface area contributed by atoms with E-state index >= 15 is 0 Å². The fourth-order valence-electron chi connectivity index (χ4n) is 1.51. The summed E-state index contributed by atoms with van der Waals surface area (Å²) in [7, 11) is 0. The topological polar surface area (TPSA) is 57.6 Å². The number of carbonyl (C=O) groups excluding carboxylic acids is 1. The molecule has 0 fully saturated rings. The van der Waals surface area contributed by atoms with Crippen LogP contribution >= 0.6 is 11.8 Å². The smallest absolute Gasteiger partial charge is 0.313 e. The summed E-state index contributed by atoms with van der Waals surface area (Å²) in [6, 6.07) is 0. The van der Waals surface area contributed by atoms with Gasteiger partial charge in [0.2, 0.25) is 5.91 Å². The number of hydrogen-bond acceptors (Lipinski definition) is 3. The van der Waals surface area contributed by atoms with Crippen molar-refractivity contribution in [2.45, 2.75) is 40.5 Å². The molecular weight excluding hydrogens is 262 g/mol. The molecule has 19 heavy (non-hydrogen) atoms. The molecule has 0 saturated heterocycles. The lowest BCUT2D eigenvalue weighted by molar-refractivity contribution is -0.133. The van der Waals surface area contributed by atoms with Gasteiger partial charge in [0, 0.05) is 13.1 Å². The average Bonchev–Trinajstić information content (AvgIpc) is 2.27. The van der Waals surface area contributed by atoms with Crippen molar-refractivity contribution in [1.82, 2.24) is 4.90 Å². The maximum atomic E-state index is 12.1. The lowest BCUT2D eigenvalue weighted by Crippen LogP contribution is -2.35. The molecule has 1 amide bonds. The number of carboxylic acids is 1. The highest BCUT2D eigenvalue weighted by Crippen LogP contribution is 2.09. The summed E-state index contributed by atoms with van der Waals surface area (Å²) in [5.74, 6) is 0.597. The van der Waals surface area contributed by atoms with Crippen LogP contribution in [0.5, 0.6) is 0 Å². The number of thioether (sulfide) groups is 1. The number of hydrogen-bond donors (Lipinski definition) is 1. The second-order valence-electron chi connectivity index (χ2n) is 5.63. The molecule has 0 aromatic carbocycles. The lowest BCUT2D eigenvalue weighted by Gasteiger charge is -2.24. The van der Waals surface area contributed by atoms with Crippen LogP contribution in [0.15, 0.2) is 0 Å². The van der Waals surface area contributed by atoms with Gasteiger partial charge in [0.1, 0.15) is 0 Å². The highest BCUT2D eigenvalue weighted by Gasteiger charge is 2.14. The van der Waals surface area contributed by atoms with E-state index in [1.54, 1.807) is 0 Å². The predicted molar refractivity (Wildman–Crippen MR) is 80.5 cm³/mol. The number of rotatable bonds is 10. The van der Waals surface area contributed by atoms with Crippen LogP contribution in [0.3, 0.4) is 0 Å². The van der Waals surface area contributed by atoms with Gasteiger partial charge in [-0.25, -0.2) is 0 Å². The van der Waals surface area contributed by atoms with Crippen LogP contribution in [0.4, 0.5) is 0 Å². The summed E-state index contributed by atoms with van der Waals surface area (Å²) in [6.07, 6.45) is 1.99. The minimum Gasteiger partial charge on any atom is -0.481 e. The first-order valence-electron chi connectivity index (χ1n) is 6.90.